The van der Waals surface area contributed by atoms with Gasteiger partial charge in [-0.15, -0.1) is 0 Å². The van der Waals surface area contributed by atoms with Crippen molar-refractivity contribution in [3.63, 3.8) is 0 Å². The Morgan fingerprint density at radius 2 is 0.845 bits per heavy atom. The summed E-state index contributed by atoms with van der Waals surface area (Å²) < 4.78 is 0. The summed E-state index contributed by atoms with van der Waals surface area (Å²) in [4.78, 5) is 25.8. The van der Waals surface area contributed by atoms with Crippen molar-refractivity contribution in [2.75, 3.05) is 0 Å². The Balaban J connectivity index is 1.54. The summed E-state index contributed by atoms with van der Waals surface area (Å²) in [6, 6.07) is 7.20. The molecule has 0 bridgehead atoms. The van der Waals surface area contributed by atoms with E-state index in [4.69, 9.17) is 0 Å². The zero-order chi connectivity index (χ0) is 42.9. The predicted octanol–water partition coefficient (Wildman–Crippen LogP) is 17.8. The first-order chi connectivity index (χ1) is 27.7. The lowest BCUT2D eigenvalue weighted by molar-refractivity contribution is 0.0973. The van der Waals surface area contributed by atoms with Crippen LogP contribution in [0.25, 0.3) is 0 Å². The van der Waals surface area contributed by atoms with Gasteiger partial charge < -0.3 is 0 Å². The second-order valence-corrected chi connectivity index (χ2v) is 18.9. The van der Waals surface area contributed by atoms with Crippen molar-refractivity contribution >= 4 is 11.6 Å². The normalized spacial score (nSPS) is 16.1. The number of Topliss-reactive ketones (excluding diaryl/α,β-unsaturated/α-hetero) is 2. The number of allylic oxidation sites excluding steroid dienone is 14. The molecule has 1 aliphatic rings. The molecule has 0 spiro atoms. The number of hydrogen-bond acceptors (Lipinski definition) is 2. The minimum Gasteiger partial charge on any atom is -0.289 e. The summed E-state index contributed by atoms with van der Waals surface area (Å²) >= 11 is 0. The molecule has 0 aromatic heterocycles. The van der Waals surface area contributed by atoms with E-state index in [9.17, 15) is 9.59 Å². The monoisotopic (exact) mass is 791 g/mol. The standard InChI is InChI=1S/C56H86O2/c1-42(2)22-14-23-43(3)24-15-25-44(4)26-16-27-45(5)28-17-29-46(6)30-18-31-47(7)32-19-33-48(8)34-20-35-49(9)36-21-37-50(10)40-41-52-51(11)55(57)53-38-12-13-39-54(53)56(52)58/h12-13,24,26,28,30,32,38-40,42,48-49H,14-23,25,27,29,31,33-37,41H2,1-11H3/b43-24+,44-26+,45-28+,46-30+,47-32+,50-40+. The van der Waals surface area contributed by atoms with E-state index in [2.05, 4.69) is 106 Å². The summed E-state index contributed by atoms with van der Waals surface area (Å²) in [6.45, 7) is 25.0. The molecule has 0 saturated heterocycles. The van der Waals surface area contributed by atoms with E-state index in [1.165, 1.54) is 124 Å². The van der Waals surface area contributed by atoms with Gasteiger partial charge in [-0.25, -0.2) is 0 Å². The molecule has 0 saturated carbocycles. The Morgan fingerprint density at radius 1 is 0.466 bits per heavy atom. The third-order valence-electron chi connectivity index (χ3n) is 12.4. The second kappa shape index (κ2) is 29.0. The number of benzene rings is 1. The van der Waals surface area contributed by atoms with Gasteiger partial charge in [-0.1, -0.05) is 154 Å². The molecule has 2 unspecified atom stereocenters. The van der Waals surface area contributed by atoms with Gasteiger partial charge in [0, 0.05) is 22.3 Å². The Bertz CT molecular complexity index is 1630. The highest BCUT2D eigenvalue weighted by molar-refractivity contribution is 6.26. The predicted molar refractivity (Wildman–Crippen MR) is 256 cm³/mol. The van der Waals surface area contributed by atoms with Gasteiger partial charge in [-0.3, -0.25) is 9.59 Å². The molecule has 2 rings (SSSR count). The van der Waals surface area contributed by atoms with Crippen LogP contribution < -0.4 is 0 Å². The van der Waals surface area contributed by atoms with E-state index in [1.54, 1.807) is 24.6 Å². The van der Waals surface area contributed by atoms with Gasteiger partial charge in [0.2, 0.25) is 0 Å². The number of rotatable bonds is 29. The third kappa shape index (κ3) is 21.7. The highest BCUT2D eigenvalue weighted by atomic mass is 16.1. The van der Waals surface area contributed by atoms with Crippen molar-refractivity contribution in [2.24, 2.45) is 17.8 Å². The van der Waals surface area contributed by atoms with Crippen LogP contribution in [0.4, 0.5) is 0 Å². The molecule has 1 aromatic carbocycles. The van der Waals surface area contributed by atoms with Crippen LogP contribution in [0, 0.1) is 17.8 Å². The smallest absolute Gasteiger partial charge is 0.190 e. The zero-order valence-electron chi connectivity index (χ0n) is 39.5. The van der Waals surface area contributed by atoms with Gasteiger partial charge in [0.05, 0.1) is 0 Å². The van der Waals surface area contributed by atoms with Crippen molar-refractivity contribution in [3.05, 3.63) is 116 Å². The average Bonchev–Trinajstić information content (AvgIpc) is 3.17. The van der Waals surface area contributed by atoms with Crippen molar-refractivity contribution in [2.45, 2.75) is 205 Å². The van der Waals surface area contributed by atoms with Crippen LogP contribution in [0.5, 0.6) is 0 Å². The van der Waals surface area contributed by atoms with E-state index >= 15 is 0 Å². The topological polar surface area (TPSA) is 34.1 Å². The molecule has 2 atom stereocenters. The van der Waals surface area contributed by atoms with Crippen molar-refractivity contribution in [1.82, 2.24) is 0 Å². The average molecular weight is 791 g/mol. The quantitative estimate of drug-likeness (QED) is 0.0758. The first kappa shape index (κ1) is 50.9. The van der Waals surface area contributed by atoms with E-state index in [0.717, 1.165) is 43.4 Å². The molecule has 1 aliphatic carbocycles. The second-order valence-electron chi connectivity index (χ2n) is 18.9. The number of fused-ring (bicyclic) bond motifs is 1. The highest BCUT2D eigenvalue weighted by Crippen LogP contribution is 2.29. The van der Waals surface area contributed by atoms with E-state index in [1.807, 2.05) is 12.1 Å². The SMILES string of the molecule is CC1=C(C/C=C(\C)CCCC(C)CCCC(C)CC/C=C(\C)CC/C=C(\C)CC/C=C(\C)CC/C=C(\C)CC/C=C(\C)CCCC(C)C)C(=O)c2ccccc2C1=O. The third-order valence-corrected chi connectivity index (χ3v) is 12.4. The Morgan fingerprint density at radius 3 is 1.33 bits per heavy atom. The van der Waals surface area contributed by atoms with Crippen LogP contribution >= 0.6 is 0 Å². The van der Waals surface area contributed by atoms with Gasteiger partial charge in [-0.05, 0) is 163 Å². The first-order valence-electron chi connectivity index (χ1n) is 23.5. The minimum absolute atomic E-state index is 0.00836. The Kier molecular flexibility index (Phi) is 25.5. The molecular formula is C56H86O2. The Labute approximate surface area is 358 Å². The maximum absolute atomic E-state index is 13.1. The molecule has 2 nitrogen and oxygen atoms in total. The summed E-state index contributed by atoms with van der Waals surface area (Å²) in [7, 11) is 0. The molecule has 58 heavy (non-hydrogen) atoms. The first-order valence-corrected chi connectivity index (χ1v) is 23.5. The van der Waals surface area contributed by atoms with E-state index in [-0.39, 0.29) is 11.6 Å². The van der Waals surface area contributed by atoms with Crippen molar-refractivity contribution < 1.29 is 9.59 Å². The fourth-order valence-corrected chi connectivity index (χ4v) is 8.11. The molecular weight excluding hydrogens is 705 g/mol. The summed E-state index contributed by atoms with van der Waals surface area (Å²) in [5.41, 5.74) is 11.4. The van der Waals surface area contributed by atoms with Crippen LogP contribution in [0.3, 0.4) is 0 Å². The highest BCUT2D eigenvalue weighted by Gasteiger charge is 2.28. The molecule has 322 valence electrons. The van der Waals surface area contributed by atoms with Gasteiger partial charge in [0.1, 0.15) is 0 Å². The number of carbonyl (C=O) groups excluding carboxylic acids is 2. The molecule has 0 amide bonds. The molecule has 0 radical (unpaired) electrons. The van der Waals surface area contributed by atoms with Crippen LogP contribution in [0.2, 0.25) is 0 Å². The molecule has 0 aliphatic heterocycles. The Hall–Kier alpha value is -3.26. The van der Waals surface area contributed by atoms with Crippen LogP contribution in [-0.2, 0) is 0 Å². The van der Waals surface area contributed by atoms with Crippen LogP contribution in [-0.4, -0.2) is 11.6 Å². The molecule has 0 N–H and O–H groups in total. The lowest BCUT2D eigenvalue weighted by Gasteiger charge is -2.18. The van der Waals surface area contributed by atoms with Crippen molar-refractivity contribution in [3.8, 4) is 0 Å². The van der Waals surface area contributed by atoms with Crippen molar-refractivity contribution in [1.29, 1.82) is 0 Å². The van der Waals surface area contributed by atoms with E-state index < -0.39 is 0 Å². The summed E-state index contributed by atoms with van der Waals surface area (Å²) in [6.07, 6.45) is 38.3. The fourth-order valence-electron chi connectivity index (χ4n) is 8.11. The largest absolute Gasteiger partial charge is 0.289 e. The summed E-state index contributed by atoms with van der Waals surface area (Å²) in [5.74, 6) is 2.34. The van der Waals surface area contributed by atoms with Gasteiger partial charge in [0.15, 0.2) is 11.6 Å². The maximum atomic E-state index is 13.1. The zero-order valence-corrected chi connectivity index (χ0v) is 39.5. The van der Waals surface area contributed by atoms with Gasteiger partial charge in [-0.2, -0.15) is 0 Å². The molecule has 2 heteroatoms. The fraction of sp³-hybridized carbons (Fsp3) is 0.607. The molecule has 0 heterocycles. The van der Waals surface area contributed by atoms with E-state index in [0.29, 0.717) is 28.7 Å². The minimum atomic E-state index is -0.00836. The number of carbonyl (C=O) groups is 2. The maximum Gasteiger partial charge on any atom is 0.190 e. The van der Waals surface area contributed by atoms with Gasteiger partial charge in [0.25, 0.3) is 0 Å². The molecule has 0 fully saturated rings. The lowest BCUT2D eigenvalue weighted by atomic mass is 9.83. The number of ketones is 2. The van der Waals surface area contributed by atoms with Crippen LogP contribution in [0.1, 0.15) is 225 Å². The van der Waals surface area contributed by atoms with Crippen LogP contribution in [0.15, 0.2) is 105 Å². The lowest BCUT2D eigenvalue weighted by Crippen LogP contribution is -2.20. The molecule has 1 aromatic rings. The van der Waals surface area contributed by atoms with Gasteiger partial charge >= 0.3 is 0 Å². The number of hydrogen-bond donors (Lipinski definition) is 0. The summed E-state index contributed by atoms with van der Waals surface area (Å²) in [5, 5.41) is 0.